The van der Waals surface area contributed by atoms with Crippen molar-refractivity contribution in [1.29, 1.82) is 0 Å². The lowest BCUT2D eigenvalue weighted by Gasteiger charge is -2.08. The summed E-state index contributed by atoms with van der Waals surface area (Å²) in [5.74, 6) is 0. The summed E-state index contributed by atoms with van der Waals surface area (Å²) in [5.41, 5.74) is 6.95. The molecule has 162 valence electrons. The third-order valence-corrected chi connectivity index (χ3v) is 6.50. The van der Waals surface area contributed by atoms with Crippen molar-refractivity contribution in [2.24, 2.45) is 10.7 Å². The first-order valence-corrected chi connectivity index (χ1v) is 11.6. The van der Waals surface area contributed by atoms with Gasteiger partial charge in [-0.2, -0.15) is 13.2 Å². The van der Waals surface area contributed by atoms with Crippen LogP contribution in [0.5, 0.6) is 0 Å². The summed E-state index contributed by atoms with van der Waals surface area (Å²) in [4.78, 5) is 9.24. The molecule has 0 atom stereocenters. The van der Waals surface area contributed by atoms with Crippen molar-refractivity contribution in [3.63, 3.8) is 0 Å². The highest BCUT2D eigenvalue weighted by atomic mass is 35.5. The molecule has 1 aromatic carbocycles. The van der Waals surface area contributed by atoms with Crippen LogP contribution in [-0.2, 0) is 0 Å². The van der Waals surface area contributed by atoms with Crippen molar-refractivity contribution in [3.05, 3.63) is 74.2 Å². The topological polar surface area (TPSA) is 51.3 Å². The first-order valence-electron chi connectivity index (χ1n) is 8.76. The molecule has 0 unspecified atom stereocenters. The van der Waals surface area contributed by atoms with E-state index >= 15 is 0 Å². The maximum atomic E-state index is 13.1. The smallest absolute Gasteiger partial charge is 0.395 e. The molecule has 0 saturated heterocycles. The van der Waals surface area contributed by atoms with Crippen LogP contribution in [0.1, 0.15) is 10.4 Å². The van der Waals surface area contributed by atoms with Gasteiger partial charge in [-0.15, -0.1) is 23.1 Å². The molecule has 2 aromatic heterocycles. The Hall–Kier alpha value is -2.00. The van der Waals surface area contributed by atoms with E-state index in [1.54, 1.807) is 30.1 Å². The number of nitrogens with two attached hydrogens (primary N) is 1. The Kier molecular flexibility index (Phi) is 7.36. The fourth-order valence-electron chi connectivity index (χ4n) is 2.64. The number of thiophene rings is 1. The van der Waals surface area contributed by atoms with Gasteiger partial charge in [-0.3, -0.25) is 0 Å². The number of hydrogen-bond acceptors (Lipinski definition) is 5. The molecule has 2 N–H and O–H groups in total. The maximum absolute atomic E-state index is 13.1. The lowest BCUT2D eigenvalue weighted by molar-refractivity contribution is -0.0925. The lowest BCUT2D eigenvalue weighted by atomic mass is 10.1. The van der Waals surface area contributed by atoms with Gasteiger partial charge < -0.3 is 5.73 Å². The van der Waals surface area contributed by atoms with Gasteiger partial charge in [-0.1, -0.05) is 23.2 Å². The van der Waals surface area contributed by atoms with E-state index in [1.165, 1.54) is 23.5 Å². The number of allylic oxidation sites excluding steroid dienone is 2. The van der Waals surface area contributed by atoms with Gasteiger partial charge in [0, 0.05) is 16.8 Å². The SMILES string of the molecule is CSc1ncc(-c2csc(C(/C=C(\N)C(F)(F)F)=Nc3cc(Cl)ccc3Cl)c2)cc1C. The molecule has 0 spiro atoms. The normalized spacial score (nSPS) is 13.0. The Morgan fingerprint density at radius 2 is 1.94 bits per heavy atom. The number of nitrogens with zero attached hydrogens (tertiary/aromatic N) is 2. The molecule has 0 fully saturated rings. The highest BCUT2D eigenvalue weighted by Gasteiger charge is 2.32. The number of pyridine rings is 1. The number of benzene rings is 1. The van der Waals surface area contributed by atoms with Crippen LogP contribution < -0.4 is 5.73 Å². The van der Waals surface area contributed by atoms with Crippen molar-refractivity contribution < 1.29 is 13.2 Å². The van der Waals surface area contributed by atoms with Crippen LogP contribution in [-0.4, -0.2) is 23.1 Å². The Bertz CT molecular complexity index is 1170. The summed E-state index contributed by atoms with van der Waals surface area (Å²) in [7, 11) is 0. The quantitative estimate of drug-likeness (QED) is 0.288. The molecule has 0 aliphatic carbocycles. The molecule has 0 bridgehead atoms. The summed E-state index contributed by atoms with van der Waals surface area (Å²) in [6.07, 6.45) is -0.213. The molecular weight excluding hydrogens is 486 g/mol. The van der Waals surface area contributed by atoms with Crippen LogP contribution in [0.15, 0.2) is 63.7 Å². The van der Waals surface area contributed by atoms with Gasteiger partial charge in [0.05, 0.1) is 26.3 Å². The highest BCUT2D eigenvalue weighted by molar-refractivity contribution is 7.98. The van der Waals surface area contributed by atoms with Gasteiger partial charge in [0.25, 0.3) is 0 Å². The third kappa shape index (κ3) is 5.83. The molecule has 0 radical (unpaired) electrons. The zero-order valence-electron chi connectivity index (χ0n) is 16.3. The average molecular weight is 502 g/mol. The van der Waals surface area contributed by atoms with Gasteiger partial charge in [0.2, 0.25) is 0 Å². The van der Waals surface area contributed by atoms with Crippen LogP contribution in [0, 0.1) is 6.92 Å². The van der Waals surface area contributed by atoms with Crippen LogP contribution in [0.4, 0.5) is 18.9 Å². The van der Waals surface area contributed by atoms with E-state index in [2.05, 4.69) is 9.98 Å². The van der Waals surface area contributed by atoms with Gasteiger partial charge >= 0.3 is 6.18 Å². The first kappa shape index (κ1) is 23.7. The number of hydrogen-bond donors (Lipinski definition) is 1. The van der Waals surface area contributed by atoms with E-state index in [0.29, 0.717) is 9.90 Å². The van der Waals surface area contributed by atoms with Crippen LogP contribution >= 0.6 is 46.3 Å². The number of thioether (sulfide) groups is 1. The second-order valence-electron chi connectivity index (χ2n) is 6.44. The Labute approximate surface area is 195 Å². The minimum Gasteiger partial charge on any atom is -0.395 e. The predicted molar refractivity (Wildman–Crippen MR) is 125 cm³/mol. The second kappa shape index (κ2) is 9.65. The number of aliphatic imine (C=N–C) groups is 1. The van der Waals surface area contributed by atoms with E-state index in [1.807, 2.05) is 24.6 Å². The molecule has 2 heterocycles. The van der Waals surface area contributed by atoms with Crippen molar-refractivity contribution in [2.75, 3.05) is 6.26 Å². The Balaban J connectivity index is 2.10. The summed E-state index contributed by atoms with van der Waals surface area (Å²) in [6, 6.07) is 8.30. The number of alkyl halides is 3. The van der Waals surface area contributed by atoms with E-state index in [4.69, 9.17) is 28.9 Å². The number of aryl methyl sites for hydroxylation is 1. The van der Waals surface area contributed by atoms with Crippen LogP contribution in [0.25, 0.3) is 11.1 Å². The van der Waals surface area contributed by atoms with Crippen molar-refractivity contribution >= 4 is 57.7 Å². The molecule has 0 aliphatic heterocycles. The zero-order valence-corrected chi connectivity index (χ0v) is 19.4. The molecule has 0 aliphatic rings. The molecular formula is C21H16Cl2F3N3S2. The Morgan fingerprint density at radius 1 is 1.19 bits per heavy atom. The molecule has 0 amide bonds. The summed E-state index contributed by atoms with van der Waals surface area (Å²) >= 11 is 14.9. The monoisotopic (exact) mass is 501 g/mol. The minimum atomic E-state index is -4.69. The third-order valence-electron chi connectivity index (χ3n) is 4.18. The van der Waals surface area contributed by atoms with Crippen LogP contribution in [0.3, 0.4) is 0 Å². The van der Waals surface area contributed by atoms with Gasteiger partial charge in [-0.25, -0.2) is 9.98 Å². The van der Waals surface area contributed by atoms with Crippen molar-refractivity contribution in [1.82, 2.24) is 4.98 Å². The van der Waals surface area contributed by atoms with Crippen LogP contribution in [0.2, 0.25) is 10.0 Å². The minimum absolute atomic E-state index is 0.0284. The van der Waals surface area contributed by atoms with Gasteiger partial charge in [-0.05, 0) is 66.1 Å². The van der Waals surface area contributed by atoms with E-state index in [9.17, 15) is 13.2 Å². The largest absolute Gasteiger partial charge is 0.430 e. The molecule has 31 heavy (non-hydrogen) atoms. The Morgan fingerprint density at radius 3 is 2.58 bits per heavy atom. The molecule has 10 heteroatoms. The lowest BCUT2D eigenvalue weighted by Crippen LogP contribution is -2.20. The average Bonchev–Trinajstić information content (AvgIpc) is 3.19. The number of rotatable bonds is 5. The standard InChI is InChI=1S/C21H16Cl2F3N3S2/c1-11-5-12(9-28-20(11)30-2)13-6-18(31-10-13)17(8-19(27)21(24,25)26)29-16-7-14(22)3-4-15(16)23/h3-10H,27H2,1-2H3/b19-8-,29-17?. The molecule has 3 nitrogen and oxygen atoms in total. The fourth-order valence-corrected chi connectivity index (χ4v) is 4.39. The first-order chi connectivity index (χ1) is 14.6. The molecule has 3 aromatic rings. The second-order valence-corrected chi connectivity index (χ2v) is 8.99. The van der Waals surface area contributed by atoms with E-state index in [0.717, 1.165) is 27.8 Å². The maximum Gasteiger partial charge on any atom is 0.430 e. The fraction of sp³-hybridized carbons (Fsp3) is 0.143. The highest BCUT2D eigenvalue weighted by Crippen LogP contribution is 2.33. The molecule has 0 saturated carbocycles. The van der Waals surface area contributed by atoms with Gasteiger partial charge in [0.15, 0.2) is 0 Å². The zero-order chi connectivity index (χ0) is 22.8. The summed E-state index contributed by atoms with van der Waals surface area (Å²) in [6.45, 7) is 1.95. The summed E-state index contributed by atoms with van der Waals surface area (Å²) in [5, 5.41) is 3.36. The van der Waals surface area contributed by atoms with Gasteiger partial charge in [0.1, 0.15) is 5.70 Å². The van der Waals surface area contributed by atoms with Crippen molar-refractivity contribution in [2.45, 2.75) is 18.1 Å². The predicted octanol–water partition coefficient (Wildman–Crippen LogP) is 7.67. The van der Waals surface area contributed by atoms with Crippen molar-refractivity contribution in [3.8, 4) is 11.1 Å². The molecule has 3 rings (SSSR count). The number of halogens is 5. The van der Waals surface area contributed by atoms with E-state index in [-0.39, 0.29) is 16.4 Å². The summed E-state index contributed by atoms with van der Waals surface area (Å²) < 4.78 is 39.3. The number of aromatic nitrogens is 1. The van der Waals surface area contributed by atoms with E-state index < -0.39 is 11.9 Å².